The van der Waals surface area contributed by atoms with Crippen molar-refractivity contribution in [2.45, 2.75) is 45.2 Å². The fourth-order valence-corrected chi connectivity index (χ4v) is 3.06. The van der Waals surface area contributed by atoms with E-state index in [1.165, 1.54) is 6.07 Å². The molecule has 2 rings (SSSR count). The molecule has 3 unspecified atom stereocenters. The third kappa shape index (κ3) is 4.89. The molecule has 10 heteroatoms. The van der Waals surface area contributed by atoms with Crippen LogP contribution in [-0.2, 0) is 14.4 Å². The smallest absolute Gasteiger partial charge is 0.329 e. The predicted molar refractivity (Wildman–Crippen MR) is 104 cm³/mol. The Morgan fingerprint density at radius 2 is 1.83 bits per heavy atom. The van der Waals surface area contributed by atoms with Crippen molar-refractivity contribution in [3.63, 3.8) is 0 Å². The summed E-state index contributed by atoms with van der Waals surface area (Å²) in [6, 6.07) is 3.64. The summed E-state index contributed by atoms with van der Waals surface area (Å²) in [5, 5.41) is 20.5. The molecule has 0 fully saturated rings. The lowest BCUT2D eigenvalue weighted by Crippen LogP contribution is -2.50. The molecule has 4 N–H and O–H groups in total. The summed E-state index contributed by atoms with van der Waals surface area (Å²) in [6.07, 6.45) is -0.349. The number of carboxylic acid groups (broad SMARTS) is 2. The van der Waals surface area contributed by atoms with Gasteiger partial charge in [0, 0.05) is 6.42 Å². The third-order valence-electron chi connectivity index (χ3n) is 4.83. The van der Waals surface area contributed by atoms with E-state index in [0.717, 1.165) is 4.57 Å². The van der Waals surface area contributed by atoms with E-state index in [1.54, 1.807) is 32.0 Å². The van der Waals surface area contributed by atoms with Crippen LogP contribution in [0.25, 0.3) is 10.9 Å². The average Bonchev–Trinajstić information content (AvgIpc) is 2.67. The third-order valence-corrected chi connectivity index (χ3v) is 4.83. The summed E-state index contributed by atoms with van der Waals surface area (Å²) in [5.74, 6) is -3.91. The van der Waals surface area contributed by atoms with Crippen molar-refractivity contribution >= 4 is 28.7 Å². The zero-order valence-electron chi connectivity index (χ0n) is 16.0. The number of aromatic nitrogens is 2. The number of amides is 1. The van der Waals surface area contributed by atoms with Crippen LogP contribution in [0.1, 0.15) is 39.2 Å². The Bertz CT molecular complexity index is 1040. The summed E-state index contributed by atoms with van der Waals surface area (Å²) in [6.45, 7) is 3.43. The molecule has 0 aliphatic rings. The van der Waals surface area contributed by atoms with Crippen LogP contribution in [0.3, 0.4) is 0 Å². The monoisotopic (exact) mass is 405 g/mol. The van der Waals surface area contributed by atoms with Gasteiger partial charge >= 0.3 is 17.6 Å². The molecule has 2 aromatic rings. The van der Waals surface area contributed by atoms with Gasteiger partial charge < -0.3 is 20.5 Å². The molecule has 0 aliphatic heterocycles. The zero-order chi connectivity index (χ0) is 21.7. The topological polar surface area (TPSA) is 159 Å². The number of carbonyl (C=O) groups excluding carboxylic acids is 1. The van der Waals surface area contributed by atoms with E-state index >= 15 is 0 Å². The molecular weight excluding hydrogens is 382 g/mol. The number of benzene rings is 1. The van der Waals surface area contributed by atoms with Gasteiger partial charge in [-0.3, -0.25) is 14.4 Å². The van der Waals surface area contributed by atoms with Crippen LogP contribution in [0, 0.1) is 5.92 Å². The minimum Gasteiger partial charge on any atom is -0.481 e. The number of fused-ring (bicyclic) bond motifs is 1. The minimum absolute atomic E-state index is 0.217. The molecular formula is C19H23N3O7. The number of H-pyrrole nitrogens is 1. The molecule has 0 saturated heterocycles. The van der Waals surface area contributed by atoms with Gasteiger partial charge in [0.25, 0.3) is 5.56 Å². The molecule has 1 aromatic heterocycles. The maximum absolute atomic E-state index is 12.9. The summed E-state index contributed by atoms with van der Waals surface area (Å²) in [5.41, 5.74) is -1.12. The highest BCUT2D eigenvalue weighted by atomic mass is 16.4. The van der Waals surface area contributed by atoms with Crippen LogP contribution >= 0.6 is 0 Å². The molecule has 0 spiro atoms. The summed E-state index contributed by atoms with van der Waals surface area (Å²) in [7, 11) is 0. The first-order valence-corrected chi connectivity index (χ1v) is 9.15. The highest BCUT2D eigenvalue weighted by Crippen LogP contribution is 2.20. The molecule has 1 aromatic carbocycles. The lowest BCUT2D eigenvalue weighted by Gasteiger charge is -2.25. The van der Waals surface area contributed by atoms with Crippen LogP contribution in [0.2, 0.25) is 0 Å². The van der Waals surface area contributed by atoms with Gasteiger partial charge in [0.2, 0.25) is 5.91 Å². The summed E-state index contributed by atoms with van der Waals surface area (Å²) >= 11 is 0. The molecule has 3 atom stereocenters. The van der Waals surface area contributed by atoms with Crippen LogP contribution in [-0.4, -0.2) is 43.7 Å². The molecule has 0 saturated carbocycles. The fourth-order valence-electron chi connectivity index (χ4n) is 3.06. The van der Waals surface area contributed by atoms with E-state index in [1.807, 2.05) is 0 Å². The maximum Gasteiger partial charge on any atom is 0.329 e. The standard InChI is InChI=1S/C19H23N3O7/c1-3-10(2)15(16(25)20-13(18(27)28)8-9-14(23)24)22-17(26)11-6-4-5-7-12(11)21-19(22)29/h4-7,10,13,15H,3,8-9H2,1-2H3,(H,20,25)(H,21,29)(H,23,24)(H,27,28). The Labute approximate surface area is 165 Å². The van der Waals surface area contributed by atoms with E-state index in [9.17, 15) is 29.1 Å². The van der Waals surface area contributed by atoms with Gasteiger partial charge in [0.1, 0.15) is 12.1 Å². The second-order valence-electron chi connectivity index (χ2n) is 6.81. The highest BCUT2D eigenvalue weighted by Gasteiger charge is 2.32. The van der Waals surface area contributed by atoms with Crippen LogP contribution in [0.15, 0.2) is 33.9 Å². The van der Waals surface area contributed by atoms with Gasteiger partial charge in [0.05, 0.1) is 10.9 Å². The van der Waals surface area contributed by atoms with E-state index in [-0.39, 0.29) is 11.8 Å². The molecule has 1 amide bonds. The van der Waals surface area contributed by atoms with Crippen LogP contribution in [0.5, 0.6) is 0 Å². The second kappa shape index (κ2) is 9.18. The Morgan fingerprint density at radius 3 is 2.41 bits per heavy atom. The molecule has 0 aliphatic carbocycles. The van der Waals surface area contributed by atoms with Crippen molar-refractivity contribution in [2.24, 2.45) is 5.92 Å². The predicted octanol–water partition coefficient (Wildman–Crippen LogP) is 0.711. The molecule has 0 radical (unpaired) electrons. The maximum atomic E-state index is 12.9. The number of rotatable bonds is 9. The first-order valence-electron chi connectivity index (χ1n) is 9.15. The van der Waals surface area contributed by atoms with Crippen molar-refractivity contribution in [2.75, 3.05) is 0 Å². The van der Waals surface area contributed by atoms with E-state index < -0.39 is 53.5 Å². The normalized spacial score (nSPS) is 14.1. The van der Waals surface area contributed by atoms with Crippen molar-refractivity contribution in [3.8, 4) is 0 Å². The minimum atomic E-state index is -1.46. The van der Waals surface area contributed by atoms with E-state index in [2.05, 4.69) is 10.3 Å². The Kier molecular flexibility index (Phi) is 6.92. The number of hydrogen-bond donors (Lipinski definition) is 4. The largest absolute Gasteiger partial charge is 0.481 e. The van der Waals surface area contributed by atoms with E-state index in [4.69, 9.17) is 5.11 Å². The van der Waals surface area contributed by atoms with Gasteiger partial charge in [-0.15, -0.1) is 0 Å². The Morgan fingerprint density at radius 1 is 1.17 bits per heavy atom. The van der Waals surface area contributed by atoms with Crippen molar-refractivity contribution in [1.82, 2.24) is 14.9 Å². The number of para-hydroxylation sites is 1. The molecule has 1 heterocycles. The second-order valence-corrected chi connectivity index (χ2v) is 6.81. The molecule has 10 nitrogen and oxygen atoms in total. The lowest BCUT2D eigenvalue weighted by molar-refractivity contribution is -0.143. The summed E-state index contributed by atoms with van der Waals surface area (Å²) in [4.78, 5) is 63.1. The number of aromatic amines is 1. The molecule has 156 valence electrons. The quantitative estimate of drug-likeness (QED) is 0.478. The first-order chi connectivity index (χ1) is 13.7. The number of aliphatic carboxylic acids is 2. The fraction of sp³-hybridized carbons (Fsp3) is 0.421. The Hall–Kier alpha value is -3.43. The highest BCUT2D eigenvalue weighted by molar-refractivity contribution is 5.87. The van der Waals surface area contributed by atoms with E-state index in [0.29, 0.717) is 11.9 Å². The van der Waals surface area contributed by atoms with Gasteiger partial charge in [0.15, 0.2) is 0 Å². The lowest BCUT2D eigenvalue weighted by atomic mass is 9.97. The van der Waals surface area contributed by atoms with Gasteiger partial charge in [-0.2, -0.15) is 0 Å². The number of carboxylic acids is 2. The SMILES string of the molecule is CCC(C)C(C(=O)NC(CCC(=O)O)C(=O)O)n1c(=O)[nH]c2ccccc2c1=O. The van der Waals surface area contributed by atoms with Crippen molar-refractivity contribution in [1.29, 1.82) is 0 Å². The Balaban J connectivity index is 2.49. The van der Waals surface area contributed by atoms with Crippen molar-refractivity contribution < 1.29 is 24.6 Å². The number of nitrogens with one attached hydrogen (secondary N) is 2. The average molecular weight is 405 g/mol. The van der Waals surface area contributed by atoms with Crippen LogP contribution in [0.4, 0.5) is 0 Å². The number of nitrogens with zero attached hydrogens (tertiary/aromatic N) is 1. The van der Waals surface area contributed by atoms with Crippen molar-refractivity contribution in [3.05, 3.63) is 45.1 Å². The molecule has 29 heavy (non-hydrogen) atoms. The first kappa shape index (κ1) is 21.9. The van der Waals surface area contributed by atoms with Gasteiger partial charge in [-0.05, 0) is 24.5 Å². The zero-order valence-corrected chi connectivity index (χ0v) is 16.0. The number of hydrogen-bond acceptors (Lipinski definition) is 5. The summed E-state index contributed by atoms with van der Waals surface area (Å²) < 4.78 is 0.794. The van der Waals surface area contributed by atoms with Crippen LogP contribution < -0.4 is 16.6 Å². The van der Waals surface area contributed by atoms with Gasteiger partial charge in [-0.25, -0.2) is 14.2 Å². The molecule has 0 bridgehead atoms. The number of carbonyl (C=O) groups is 3. The van der Waals surface area contributed by atoms with Gasteiger partial charge in [-0.1, -0.05) is 32.4 Å².